The van der Waals surface area contributed by atoms with E-state index in [2.05, 4.69) is 16.0 Å². The Kier molecular flexibility index (Phi) is 2.61. The summed E-state index contributed by atoms with van der Waals surface area (Å²) in [6.07, 6.45) is 6.29. The molecule has 0 amide bonds. The van der Waals surface area contributed by atoms with E-state index in [0.29, 0.717) is 12.5 Å². The molecule has 2 aromatic rings. The maximum atomic E-state index is 5.74. The average molecular weight is 225 g/mol. The molecule has 0 atom stereocenters. The minimum atomic E-state index is 0.542. The predicted molar refractivity (Wildman–Crippen MR) is 67.3 cm³/mol. The van der Waals surface area contributed by atoms with Crippen LogP contribution in [0.25, 0.3) is 11.1 Å². The number of hydrogen-bond donors (Lipinski definition) is 1. The Morgan fingerprint density at radius 1 is 1.12 bits per heavy atom. The third-order valence-electron chi connectivity index (χ3n) is 3.16. The summed E-state index contributed by atoms with van der Waals surface area (Å²) in [6, 6.07) is 8.14. The van der Waals surface area contributed by atoms with Crippen LogP contribution in [0.15, 0.2) is 36.7 Å². The van der Waals surface area contributed by atoms with Crippen molar-refractivity contribution >= 4 is 0 Å². The van der Waals surface area contributed by atoms with Crippen LogP contribution in [0.2, 0.25) is 0 Å². The van der Waals surface area contributed by atoms with Crippen LogP contribution in [0.4, 0.5) is 0 Å². The second kappa shape index (κ2) is 4.26. The lowest BCUT2D eigenvalue weighted by Gasteiger charge is -2.07. The first-order valence-electron chi connectivity index (χ1n) is 5.99. The standard InChI is InChI=1S/C14H15N3/c15-7-11-3-1-2-4-13(11)12-8-16-14(17-9-12)10-5-6-10/h1-4,8-10H,5-7,15H2. The van der Waals surface area contributed by atoms with Crippen LogP contribution in [0, 0.1) is 0 Å². The predicted octanol–water partition coefficient (Wildman–Crippen LogP) is 2.48. The fourth-order valence-electron chi connectivity index (χ4n) is 2.01. The molecule has 0 saturated heterocycles. The summed E-state index contributed by atoms with van der Waals surface area (Å²) in [4.78, 5) is 8.88. The van der Waals surface area contributed by atoms with Gasteiger partial charge in [0.15, 0.2) is 0 Å². The van der Waals surface area contributed by atoms with Gasteiger partial charge in [0, 0.05) is 30.4 Å². The number of aromatic nitrogens is 2. The number of benzene rings is 1. The lowest BCUT2D eigenvalue weighted by Crippen LogP contribution is -1.99. The van der Waals surface area contributed by atoms with Crippen molar-refractivity contribution in [3.8, 4) is 11.1 Å². The fourth-order valence-corrected chi connectivity index (χ4v) is 2.01. The van der Waals surface area contributed by atoms with Gasteiger partial charge in [0.05, 0.1) is 0 Å². The van der Waals surface area contributed by atoms with Crippen molar-refractivity contribution < 1.29 is 0 Å². The molecule has 1 heterocycles. The molecule has 17 heavy (non-hydrogen) atoms. The molecule has 3 heteroatoms. The Balaban J connectivity index is 1.96. The van der Waals surface area contributed by atoms with Gasteiger partial charge in [-0.05, 0) is 24.0 Å². The van der Waals surface area contributed by atoms with Crippen LogP contribution in [0.5, 0.6) is 0 Å². The van der Waals surface area contributed by atoms with Gasteiger partial charge in [-0.2, -0.15) is 0 Å². The van der Waals surface area contributed by atoms with E-state index in [1.54, 1.807) is 0 Å². The summed E-state index contributed by atoms with van der Waals surface area (Å²) >= 11 is 0. The lowest BCUT2D eigenvalue weighted by molar-refractivity contribution is 0.927. The fraction of sp³-hybridized carbons (Fsp3) is 0.286. The molecule has 1 saturated carbocycles. The van der Waals surface area contributed by atoms with Crippen molar-refractivity contribution in [2.75, 3.05) is 0 Å². The first-order valence-corrected chi connectivity index (χ1v) is 5.99. The molecule has 1 aromatic carbocycles. The van der Waals surface area contributed by atoms with E-state index in [-0.39, 0.29) is 0 Å². The van der Waals surface area contributed by atoms with Crippen LogP contribution >= 0.6 is 0 Å². The van der Waals surface area contributed by atoms with Gasteiger partial charge in [0.25, 0.3) is 0 Å². The van der Waals surface area contributed by atoms with Gasteiger partial charge in [-0.3, -0.25) is 0 Å². The van der Waals surface area contributed by atoms with Crippen molar-refractivity contribution in [3.05, 3.63) is 48.0 Å². The summed E-state index contributed by atoms with van der Waals surface area (Å²) in [6.45, 7) is 0.542. The Hall–Kier alpha value is -1.74. The van der Waals surface area contributed by atoms with Crippen molar-refractivity contribution in [1.82, 2.24) is 9.97 Å². The van der Waals surface area contributed by atoms with Gasteiger partial charge in [-0.1, -0.05) is 24.3 Å². The van der Waals surface area contributed by atoms with Crippen LogP contribution in [0.3, 0.4) is 0 Å². The Labute approximate surface area is 101 Å². The zero-order valence-corrected chi connectivity index (χ0v) is 9.63. The number of hydrogen-bond acceptors (Lipinski definition) is 3. The van der Waals surface area contributed by atoms with Crippen molar-refractivity contribution in [3.63, 3.8) is 0 Å². The van der Waals surface area contributed by atoms with E-state index in [0.717, 1.165) is 22.5 Å². The highest BCUT2D eigenvalue weighted by molar-refractivity contribution is 5.65. The normalized spacial score (nSPS) is 14.9. The van der Waals surface area contributed by atoms with E-state index >= 15 is 0 Å². The first-order chi connectivity index (χ1) is 8.38. The quantitative estimate of drug-likeness (QED) is 0.873. The maximum Gasteiger partial charge on any atom is 0.131 e. The van der Waals surface area contributed by atoms with Crippen LogP contribution in [0.1, 0.15) is 30.1 Å². The van der Waals surface area contributed by atoms with E-state index < -0.39 is 0 Å². The lowest BCUT2D eigenvalue weighted by atomic mass is 10.0. The molecule has 0 bridgehead atoms. The van der Waals surface area contributed by atoms with Crippen LogP contribution < -0.4 is 5.73 Å². The Morgan fingerprint density at radius 3 is 2.47 bits per heavy atom. The van der Waals surface area contributed by atoms with Gasteiger partial charge in [-0.15, -0.1) is 0 Å². The molecule has 1 fully saturated rings. The molecule has 0 aliphatic heterocycles. The monoisotopic (exact) mass is 225 g/mol. The highest BCUT2D eigenvalue weighted by Crippen LogP contribution is 2.38. The zero-order valence-electron chi connectivity index (χ0n) is 9.63. The number of nitrogens with zero attached hydrogens (tertiary/aromatic N) is 2. The molecular weight excluding hydrogens is 210 g/mol. The minimum absolute atomic E-state index is 0.542. The van der Waals surface area contributed by atoms with Crippen molar-refractivity contribution in [2.45, 2.75) is 25.3 Å². The van der Waals surface area contributed by atoms with Gasteiger partial charge in [0.2, 0.25) is 0 Å². The number of nitrogens with two attached hydrogens (primary N) is 1. The molecule has 0 unspecified atom stereocenters. The highest BCUT2D eigenvalue weighted by Gasteiger charge is 2.26. The summed E-state index contributed by atoms with van der Waals surface area (Å²) in [5, 5.41) is 0. The van der Waals surface area contributed by atoms with E-state index in [9.17, 15) is 0 Å². The second-order valence-electron chi connectivity index (χ2n) is 4.47. The average Bonchev–Trinajstić information content (AvgIpc) is 3.23. The molecule has 1 aromatic heterocycles. The van der Waals surface area contributed by atoms with Gasteiger partial charge < -0.3 is 5.73 Å². The van der Waals surface area contributed by atoms with Gasteiger partial charge >= 0.3 is 0 Å². The summed E-state index contributed by atoms with van der Waals surface area (Å²) < 4.78 is 0. The molecule has 0 spiro atoms. The molecule has 86 valence electrons. The molecule has 1 aliphatic carbocycles. The largest absolute Gasteiger partial charge is 0.326 e. The molecular formula is C14H15N3. The summed E-state index contributed by atoms with van der Waals surface area (Å²) in [7, 11) is 0. The third kappa shape index (κ3) is 2.06. The Bertz CT molecular complexity index is 515. The van der Waals surface area contributed by atoms with E-state index in [1.165, 1.54) is 12.8 Å². The zero-order chi connectivity index (χ0) is 11.7. The molecule has 3 rings (SSSR count). The van der Waals surface area contributed by atoms with E-state index in [4.69, 9.17) is 5.73 Å². The maximum absolute atomic E-state index is 5.74. The summed E-state index contributed by atoms with van der Waals surface area (Å²) in [5.74, 6) is 1.59. The van der Waals surface area contributed by atoms with E-state index in [1.807, 2.05) is 30.6 Å². The SMILES string of the molecule is NCc1ccccc1-c1cnc(C2CC2)nc1. The molecule has 1 aliphatic rings. The molecule has 0 radical (unpaired) electrons. The Morgan fingerprint density at radius 2 is 1.82 bits per heavy atom. The summed E-state index contributed by atoms with van der Waals surface area (Å²) in [5.41, 5.74) is 9.06. The van der Waals surface area contributed by atoms with Gasteiger partial charge in [0.1, 0.15) is 5.82 Å². The van der Waals surface area contributed by atoms with Crippen LogP contribution in [-0.2, 0) is 6.54 Å². The van der Waals surface area contributed by atoms with Crippen molar-refractivity contribution in [2.24, 2.45) is 5.73 Å². The first kappa shape index (κ1) is 10.4. The highest BCUT2D eigenvalue weighted by atomic mass is 14.9. The molecule has 2 N–H and O–H groups in total. The second-order valence-corrected chi connectivity index (χ2v) is 4.47. The van der Waals surface area contributed by atoms with Crippen LogP contribution in [-0.4, -0.2) is 9.97 Å². The number of rotatable bonds is 3. The third-order valence-corrected chi connectivity index (χ3v) is 3.16. The smallest absolute Gasteiger partial charge is 0.131 e. The van der Waals surface area contributed by atoms with Crippen molar-refractivity contribution in [1.29, 1.82) is 0 Å². The van der Waals surface area contributed by atoms with Gasteiger partial charge in [-0.25, -0.2) is 9.97 Å². The molecule has 3 nitrogen and oxygen atoms in total. The minimum Gasteiger partial charge on any atom is -0.326 e. The topological polar surface area (TPSA) is 51.8 Å².